The lowest BCUT2D eigenvalue weighted by Crippen LogP contribution is -2.29. The fraction of sp³-hybridized carbons (Fsp3) is 0.0909. The summed E-state index contributed by atoms with van der Waals surface area (Å²) in [7, 11) is -4.06. The van der Waals surface area contributed by atoms with Crippen LogP contribution in [0.5, 0.6) is 5.75 Å². The summed E-state index contributed by atoms with van der Waals surface area (Å²) in [5.74, 6) is 0.488. The van der Waals surface area contributed by atoms with E-state index < -0.39 is 10.0 Å². The zero-order chi connectivity index (χ0) is 27.8. The summed E-state index contributed by atoms with van der Waals surface area (Å²) in [6.07, 6.45) is 0.363. The molecular formula is C33H31N3O3S. The van der Waals surface area contributed by atoms with Crippen molar-refractivity contribution in [3.05, 3.63) is 156 Å². The molecule has 3 N–H and O–H groups in total. The first-order valence-electron chi connectivity index (χ1n) is 13.0. The number of nitrogens with one attached hydrogen (secondary N) is 1. The highest BCUT2D eigenvalue weighted by atomic mass is 32.2. The van der Waals surface area contributed by atoms with E-state index in [9.17, 15) is 8.42 Å². The van der Waals surface area contributed by atoms with Gasteiger partial charge in [-0.3, -0.25) is 10.4 Å². The van der Waals surface area contributed by atoms with Crippen molar-refractivity contribution >= 4 is 21.4 Å². The Bertz CT molecular complexity index is 1630. The first-order valence-corrected chi connectivity index (χ1v) is 14.5. The maximum absolute atomic E-state index is 13.0. The van der Waals surface area contributed by atoms with Gasteiger partial charge in [0, 0.05) is 12.0 Å². The lowest BCUT2D eigenvalue weighted by Gasteiger charge is -2.27. The van der Waals surface area contributed by atoms with Crippen LogP contribution in [0.25, 0.3) is 0 Å². The van der Waals surface area contributed by atoms with Crippen molar-refractivity contribution in [1.82, 2.24) is 0 Å². The van der Waals surface area contributed by atoms with Gasteiger partial charge in [0.25, 0.3) is 0 Å². The molecule has 0 amide bonds. The van der Waals surface area contributed by atoms with Crippen molar-refractivity contribution in [2.75, 3.05) is 10.4 Å². The monoisotopic (exact) mass is 549 g/mol. The van der Waals surface area contributed by atoms with Crippen LogP contribution >= 0.6 is 0 Å². The van der Waals surface area contributed by atoms with Gasteiger partial charge in [0.15, 0.2) is 0 Å². The van der Waals surface area contributed by atoms with E-state index in [1.165, 1.54) is 0 Å². The maximum Gasteiger partial charge on any atom is 0.238 e. The molecule has 0 atom stereocenters. The van der Waals surface area contributed by atoms with Gasteiger partial charge < -0.3 is 4.74 Å². The van der Waals surface area contributed by atoms with E-state index in [1.54, 1.807) is 6.07 Å². The van der Waals surface area contributed by atoms with Crippen LogP contribution in [0, 0.1) is 0 Å². The molecule has 202 valence electrons. The zero-order valence-electron chi connectivity index (χ0n) is 22.0. The van der Waals surface area contributed by atoms with E-state index in [4.69, 9.17) is 9.88 Å². The number of ether oxygens (including phenoxy) is 1. The molecule has 7 heteroatoms. The highest BCUT2D eigenvalue weighted by molar-refractivity contribution is 7.89. The van der Waals surface area contributed by atoms with Crippen LogP contribution < -0.4 is 20.3 Å². The molecule has 0 aromatic heterocycles. The van der Waals surface area contributed by atoms with E-state index in [-0.39, 0.29) is 4.90 Å². The Morgan fingerprint density at radius 2 is 1.23 bits per heavy atom. The smallest absolute Gasteiger partial charge is 0.238 e. The Kier molecular flexibility index (Phi) is 8.44. The highest BCUT2D eigenvalue weighted by Crippen LogP contribution is 2.32. The van der Waals surface area contributed by atoms with E-state index in [0.29, 0.717) is 30.9 Å². The highest BCUT2D eigenvalue weighted by Gasteiger charge is 2.22. The molecule has 0 heterocycles. The van der Waals surface area contributed by atoms with Crippen molar-refractivity contribution in [3.8, 4) is 5.75 Å². The van der Waals surface area contributed by atoms with Crippen LogP contribution in [-0.4, -0.2) is 8.42 Å². The normalized spacial score (nSPS) is 11.1. The summed E-state index contributed by atoms with van der Waals surface area (Å²) >= 11 is 0. The van der Waals surface area contributed by atoms with Crippen LogP contribution in [0.15, 0.2) is 138 Å². The van der Waals surface area contributed by atoms with Crippen molar-refractivity contribution < 1.29 is 13.2 Å². The second kappa shape index (κ2) is 12.5. The van der Waals surface area contributed by atoms with Crippen LogP contribution in [0.3, 0.4) is 0 Å². The third-order valence-corrected chi connectivity index (χ3v) is 7.42. The molecule has 0 bridgehead atoms. The van der Waals surface area contributed by atoms with Gasteiger partial charge in [0.1, 0.15) is 12.4 Å². The first kappa shape index (κ1) is 27.0. The minimum atomic E-state index is -4.06. The number of rotatable bonds is 11. The van der Waals surface area contributed by atoms with Gasteiger partial charge in [-0.1, -0.05) is 97.1 Å². The van der Waals surface area contributed by atoms with Crippen molar-refractivity contribution in [3.63, 3.8) is 0 Å². The van der Waals surface area contributed by atoms with Gasteiger partial charge in [0.05, 0.1) is 22.8 Å². The predicted octanol–water partition coefficient (Wildman–Crippen LogP) is 6.54. The Hall–Kier alpha value is -4.59. The molecule has 0 unspecified atom stereocenters. The average molecular weight is 550 g/mol. The lowest BCUT2D eigenvalue weighted by atomic mass is 10.0. The largest absolute Gasteiger partial charge is 0.489 e. The SMILES string of the molecule is NS(=O)(=O)c1cc(CN(Nc2ccccc2)c2ccccc2)cc(OCc2ccccc2)c1Cc1ccccc1. The van der Waals surface area contributed by atoms with E-state index in [2.05, 4.69) is 5.43 Å². The number of nitrogens with two attached hydrogens (primary N) is 1. The van der Waals surface area contributed by atoms with E-state index in [0.717, 1.165) is 28.1 Å². The Labute approximate surface area is 235 Å². The molecule has 5 aromatic rings. The topological polar surface area (TPSA) is 84.7 Å². The fourth-order valence-electron chi connectivity index (χ4n) is 4.51. The summed E-state index contributed by atoms with van der Waals surface area (Å²) in [4.78, 5) is 0.0598. The fourth-order valence-corrected chi connectivity index (χ4v) is 5.34. The minimum Gasteiger partial charge on any atom is -0.489 e. The average Bonchev–Trinajstić information content (AvgIpc) is 2.98. The molecule has 0 radical (unpaired) electrons. The molecule has 0 saturated heterocycles. The Morgan fingerprint density at radius 3 is 1.82 bits per heavy atom. The number of anilines is 2. The minimum absolute atomic E-state index is 0.0598. The lowest BCUT2D eigenvalue weighted by molar-refractivity contribution is 0.302. The van der Waals surface area contributed by atoms with Gasteiger partial charge in [-0.05, 0) is 53.1 Å². The van der Waals surface area contributed by atoms with Gasteiger partial charge in [-0.15, -0.1) is 0 Å². The standard InChI is InChI=1S/C33H31N3O3S/c34-40(37,38)33-23-28(24-36(30-19-11-4-12-20-30)35-29-17-9-3-10-18-29)22-32(39-25-27-15-7-2-8-16-27)31(33)21-26-13-5-1-6-14-26/h1-20,22-23,35H,21,24-25H2,(H2,34,37,38). The molecule has 5 rings (SSSR count). The van der Waals surface area contributed by atoms with Crippen molar-refractivity contribution in [1.29, 1.82) is 0 Å². The van der Waals surface area contributed by atoms with Gasteiger partial charge in [-0.25, -0.2) is 13.6 Å². The Morgan fingerprint density at radius 1 is 0.675 bits per heavy atom. The summed E-state index contributed by atoms with van der Waals surface area (Å²) in [5.41, 5.74) is 8.48. The van der Waals surface area contributed by atoms with Crippen LogP contribution in [0.4, 0.5) is 11.4 Å². The molecule has 0 saturated carbocycles. The number of para-hydroxylation sites is 2. The molecule has 0 spiro atoms. The number of benzene rings is 5. The number of primary sulfonamides is 1. The third-order valence-electron chi connectivity index (χ3n) is 6.44. The summed E-state index contributed by atoms with van der Waals surface area (Å²) in [6.45, 7) is 0.648. The number of sulfonamides is 1. The Balaban J connectivity index is 1.57. The molecule has 40 heavy (non-hydrogen) atoms. The summed E-state index contributed by atoms with van der Waals surface area (Å²) in [6, 6.07) is 42.8. The number of nitrogens with zero attached hydrogens (tertiary/aromatic N) is 1. The molecule has 0 aliphatic rings. The number of hydrazine groups is 1. The van der Waals surface area contributed by atoms with Gasteiger partial charge in [0.2, 0.25) is 10.0 Å². The van der Waals surface area contributed by atoms with Gasteiger partial charge >= 0.3 is 0 Å². The molecule has 0 fully saturated rings. The van der Waals surface area contributed by atoms with Crippen molar-refractivity contribution in [2.45, 2.75) is 24.5 Å². The zero-order valence-corrected chi connectivity index (χ0v) is 22.8. The maximum atomic E-state index is 13.0. The molecule has 6 nitrogen and oxygen atoms in total. The van der Waals surface area contributed by atoms with E-state index in [1.807, 2.05) is 132 Å². The molecule has 0 aliphatic heterocycles. The summed E-state index contributed by atoms with van der Waals surface area (Å²) in [5, 5.41) is 7.78. The van der Waals surface area contributed by atoms with Gasteiger partial charge in [-0.2, -0.15) is 0 Å². The quantitative estimate of drug-likeness (QED) is 0.183. The first-order chi connectivity index (χ1) is 19.5. The van der Waals surface area contributed by atoms with Crippen LogP contribution in [-0.2, 0) is 29.6 Å². The molecule has 0 aliphatic carbocycles. The predicted molar refractivity (Wildman–Crippen MR) is 161 cm³/mol. The summed E-state index contributed by atoms with van der Waals surface area (Å²) < 4.78 is 32.2. The van der Waals surface area contributed by atoms with Crippen LogP contribution in [0.2, 0.25) is 0 Å². The van der Waals surface area contributed by atoms with E-state index >= 15 is 0 Å². The van der Waals surface area contributed by atoms with Crippen molar-refractivity contribution in [2.24, 2.45) is 5.14 Å². The molecular weight excluding hydrogens is 518 g/mol. The van der Waals surface area contributed by atoms with Crippen LogP contribution in [0.1, 0.15) is 22.3 Å². The second-order valence-electron chi connectivity index (χ2n) is 9.45. The number of hydrogen-bond acceptors (Lipinski definition) is 5. The third kappa shape index (κ3) is 7.08. The molecule has 5 aromatic carbocycles. The number of hydrogen-bond donors (Lipinski definition) is 2. The second-order valence-corrected chi connectivity index (χ2v) is 11.0.